The summed E-state index contributed by atoms with van der Waals surface area (Å²) in [7, 11) is 1.55. The van der Waals surface area contributed by atoms with Crippen LogP contribution in [0.15, 0.2) is 77.7 Å². The molecule has 7 nitrogen and oxygen atoms in total. The van der Waals surface area contributed by atoms with Crippen LogP contribution in [0.3, 0.4) is 0 Å². The molecule has 1 unspecified atom stereocenters. The molecule has 0 saturated carbocycles. The van der Waals surface area contributed by atoms with Gasteiger partial charge in [-0.05, 0) is 25.0 Å². The number of carbonyl (C=O) groups excluding carboxylic acids is 2. The van der Waals surface area contributed by atoms with E-state index < -0.39 is 6.04 Å². The van der Waals surface area contributed by atoms with E-state index in [1.807, 2.05) is 65.7 Å². The summed E-state index contributed by atoms with van der Waals surface area (Å²) in [6.07, 6.45) is 1.64. The minimum absolute atomic E-state index is 0.178. The number of rotatable bonds is 5. The Labute approximate surface area is 186 Å². The third-order valence-electron chi connectivity index (χ3n) is 5.98. The average molecular weight is 431 g/mol. The molecule has 0 spiro atoms. The first-order valence-electron chi connectivity index (χ1n) is 10.6. The van der Waals surface area contributed by atoms with Crippen molar-refractivity contribution in [2.45, 2.75) is 25.9 Å². The van der Waals surface area contributed by atoms with Crippen LogP contribution in [0.25, 0.3) is 0 Å². The maximum atomic E-state index is 13.5. The second kappa shape index (κ2) is 8.70. The Bertz CT molecular complexity index is 1150. The van der Waals surface area contributed by atoms with Crippen molar-refractivity contribution in [3.63, 3.8) is 0 Å². The van der Waals surface area contributed by atoms with E-state index in [1.54, 1.807) is 31.8 Å². The topological polar surface area (TPSA) is 74.7 Å². The fourth-order valence-electron chi connectivity index (χ4n) is 4.19. The van der Waals surface area contributed by atoms with E-state index in [0.717, 1.165) is 11.1 Å². The highest BCUT2D eigenvalue weighted by Crippen LogP contribution is 2.31. The van der Waals surface area contributed by atoms with Crippen LogP contribution in [0.1, 0.15) is 40.1 Å². The van der Waals surface area contributed by atoms with Gasteiger partial charge in [0.05, 0.1) is 6.04 Å². The van der Waals surface area contributed by atoms with Crippen molar-refractivity contribution in [2.24, 2.45) is 0 Å². The number of hydrogen-bond donors (Lipinski definition) is 1. The van der Waals surface area contributed by atoms with Crippen LogP contribution in [0.2, 0.25) is 0 Å². The van der Waals surface area contributed by atoms with Crippen molar-refractivity contribution >= 4 is 11.8 Å². The fraction of sp³-hybridized carbons (Fsp3) is 0.240. The molecule has 2 heterocycles. The number of nitrogens with one attached hydrogen (secondary N) is 1. The number of pyridine rings is 1. The molecule has 2 amide bonds. The van der Waals surface area contributed by atoms with Crippen molar-refractivity contribution in [1.29, 1.82) is 0 Å². The number of amides is 2. The van der Waals surface area contributed by atoms with Crippen LogP contribution >= 0.6 is 0 Å². The number of likely N-dealkylation sites (N-methyl/N-ethyl adjacent to an activating group) is 1. The van der Waals surface area contributed by atoms with Crippen LogP contribution < -0.4 is 15.8 Å². The molecule has 7 heteroatoms. The zero-order valence-corrected chi connectivity index (χ0v) is 18.4. The first kappa shape index (κ1) is 21.4. The predicted octanol–water partition coefficient (Wildman–Crippen LogP) is 2.43. The van der Waals surface area contributed by atoms with Gasteiger partial charge in [0.15, 0.2) is 5.43 Å². The highest BCUT2D eigenvalue weighted by atomic mass is 16.2. The van der Waals surface area contributed by atoms with Crippen LogP contribution in [0.4, 0.5) is 0 Å². The van der Waals surface area contributed by atoms with E-state index in [2.05, 4.69) is 5.32 Å². The number of aromatic nitrogens is 1. The highest BCUT2D eigenvalue weighted by molar-refractivity contribution is 5.98. The molecule has 0 aliphatic carbocycles. The fourth-order valence-corrected chi connectivity index (χ4v) is 4.19. The summed E-state index contributed by atoms with van der Waals surface area (Å²) in [5.74, 6) is -0.605. The molecule has 4 rings (SSSR count). The molecule has 3 aromatic rings. The summed E-state index contributed by atoms with van der Waals surface area (Å²) in [5.41, 5.74) is 2.48. The lowest BCUT2D eigenvalue weighted by molar-refractivity contribution is -0.124. The molecule has 0 saturated heterocycles. The lowest BCUT2D eigenvalue weighted by atomic mass is 9.97. The Morgan fingerprint density at radius 2 is 1.50 bits per heavy atom. The van der Waals surface area contributed by atoms with Gasteiger partial charge in [0.2, 0.25) is 5.91 Å². The van der Waals surface area contributed by atoms with Crippen LogP contribution in [-0.2, 0) is 4.79 Å². The molecular formula is C25H26N4O3. The number of carbonyl (C=O) groups is 2. The molecule has 0 radical (unpaired) electrons. The van der Waals surface area contributed by atoms with Crippen LogP contribution in [0.5, 0.6) is 0 Å². The molecule has 1 N–H and O–H groups in total. The molecule has 1 atom stereocenters. The number of hydrogen-bond acceptors (Lipinski definition) is 4. The van der Waals surface area contributed by atoms with Crippen molar-refractivity contribution < 1.29 is 9.59 Å². The second-order valence-electron chi connectivity index (χ2n) is 7.87. The Morgan fingerprint density at radius 3 is 2.03 bits per heavy atom. The maximum Gasteiger partial charge on any atom is 0.274 e. The molecule has 1 aromatic heterocycles. The van der Waals surface area contributed by atoms with Gasteiger partial charge in [0.1, 0.15) is 18.4 Å². The first-order chi connectivity index (χ1) is 15.4. The van der Waals surface area contributed by atoms with Crippen LogP contribution in [-0.4, -0.2) is 41.1 Å². The zero-order valence-electron chi connectivity index (χ0n) is 18.4. The Morgan fingerprint density at radius 1 is 0.938 bits per heavy atom. The van der Waals surface area contributed by atoms with E-state index in [9.17, 15) is 14.4 Å². The van der Waals surface area contributed by atoms with Gasteiger partial charge in [-0.25, -0.2) is 0 Å². The van der Waals surface area contributed by atoms with Crippen LogP contribution in [0, 0.1) is 6.92 Å². The smallest absolute Gasteiger partial charge is 0.274 e. The summed E-state index contributed by atoms with van der Waals surface area (Å²) in [4.78, 5) is 39.8. The van der Waals surface area contributed by atoms with Gasteiger partial charge >= 0.3 is 0 Å². The lowest BCUT2D eigenvalue weighted by Crippen LogP contribution is -2.60. The Hall–Kier alpha value is -3.87. The minimum Gasteiger partial charge on any atom is -0.357 e. The summed E-state index contributed by atoms with van der Waals surface area (Å²) < 4.78 is 1.76. The number of fused-ring (bicyclic) bond motifs is 1. The van der Waals surface area contributed by atoms with E-state index in [-0.39, 0.29) is 35.6 Å². The summed E-state index contributed by atoms with van der Waals surface area (Å²) in [6.45, 7) is 3.52. The second-order valence-corrected chi connectivity index (χ2v) is 7.87. The zero-order chi connectivity index (χ0) is 22.8. The van der Waals surface area contributed by atoms with Gasteiger partial charge in [-0.3, -0.25) is 24.1 Å². The molecular weight excluding hydrogens is 404 g/mol. The number of benzene rings is 2. The van der Waals surface area contributed by atoms with Gasteiger partial charge in [-0.15, -0.1) is 0 Å². The quantitative estimate of drug-likeness (QED) is 0.675. The summed E-state index contributed by atoms with van der Waals surface area (Å²) in [6, 6.07) is 20.5. The highest BCUT2D eigenvalue weighted by Gasteiger charge is 2.38. The van der Waals surface area contributed by atoms with Crippen molar-refractivity contribution in [2.75, 3.05) is 18.7 Å². The average Bonchev–Trinajstić information content (AvgIpc) is 2.83. The van der Waals surface area contributed by atoms with Gasteiger partial charge in [-0.2, -0.15) is 0 Å². The monoisotopic (exact) mass is 430 g/mol. The van der Waals surface area contributed by atoms with Crippen molar-refractivity contribution in [3.8, 4) is 0 Å². The van der Waals surface area contributed by atoms with Crippen molar-refractivity contribution in [3.05, 3.63) is 106 Å². The molecule has 1 aliphatic rings. The predicted molar refractivity (Wildman–Crippen MR) is 123 cm³/mol. The molecule has 164 valence electrons. The Balaban J connectivity index is 1.94. The first-order valence-corrected chi connectivity index (χ1v) is 10.6. The standard InChI is InChI=1S/C25H26N4O3/c1-17-21(30)14-15-28-22(17)25(32)27(18(2)24(31)26-3)16-29(28)23(19-10-6-4-7-11-19)20-12-8-5-9-13-20/h4-15,18,23H,16H2,1-3H3,(H,26,31). The minimum atomic E-state index is -0.703. The van der Waals surface area contributed by atoms with Gasteiger partial charge in [0, 0.05) is 24.9 Å². The maximum absolute atomic E-state index is 13.5. The number of nitrogens with zero attached hydrogens (tertiary/aromatic N) is 3. The summed E-state index contributed by atoms with van der Waals surface area (Å²) in [5, 5.41) is 4.64. The normalized spacial score (nSPS) is 14.3. The third-order valence-corrected chi connectivity index (χ3v) is 5.98. The lowest BCUT2D eigenvalue weighted by Gasteiger charge is -2.45. The SMILES string of the molecule is CNC(=O)C(C)N1CN(C(c2ccccc2)c2ccccc2)n2ccc(=O)c(C)c2C1=O. The van der Waals surface area contributed by atoms with E-state index in [4.69, 9.17) is 0 Å². The largest absolute Gasteiger partial charge is 0.357 e. The summed E-state index contributed by atoms with van der Waals surface area (Å²) >= 11 is 0. The van der Waals surface area contributed by atoms with Gasteiger partial charge in [0.25, 0.3) is 5.91 Å². The van der Waals surface area contributed by atoms with E-state index >= 15 is 0 Å². The van der Waals surface area contributed by atoms with Gasteiger partial charge < -0.3 is 10.2 Å². The molecule has 0 bridgehead atoms. The Kier molecular flexibility index (Phi) is 5.81. The van der Waals surface area contributed by atoms with Gasteiger partial charge in [-0.1, -0.05) is 60.7 Å². The molecule has 2 aromatic carbocycles. The molecule has 1 aliphatic heterocycles. The van der Waals surface area contributed by atoms with E-state index in [0.29, 0.717) is 5.56 Å². The molecule has 32 heavy (non-hydrogen) atoms. The molecule has 0 fully saturated rings. The third kappa shape index (κ3) is 3.66. The van der Waals surface area contributed by atoms with E-state index in [1.165, 1.54) is 11.0 Å². The van der Waals surface area contributed by atoms with Crippen molar-refractivity contribution in [1.82, 2.24) is 14.9 Å².